The van der Waals surface area contributed by atoms with Gasteiger partial charge in [-0.1, -0.05) is 18.2 Å². The summed E-state index contributed by atoms with van der Waals surface area (Å²) in [5.41, 5.74) is 2.66. The van der Waals surface area contributed by atoms with Crippen molar-refractivity contribution in [1.29, 1.82) is 0 Å². The van der Waals surface area contributed by atoms with E-state index in [-0.39, 0.29) is 6.04 Å². The Morgan fingerprint density at radius 3 is 2.68 bits per heavy atom. The number of aryl methyl sites for hydroxylation is 2. The Bertz CT molecular complexity index is 908. The van der Waals surface area contributed by atoms with Crippen LogP contribution >= 0.6 is 0 Å². The first-order valence-electron chi connectivity index (χ1n) is 8.43. The van der Waals surface area contributed by atoms with Crippen LogP contribution in [0.2, 0.25) is 0 Å². The first kappa shape index (κ1) is 16.1. The minimum atomic E-state index is -0.954. The largest absolute Gasteiger partial charge is 0.487 e. The summed E-state index contributed by atoms with van der Waals surface area (Å²) in [5, 5.41) is 22.0. The fourth-order valence-corrected chi connectivity index (χ4v) is 3.58. The van der Waals surface area contributed by atoms with Gasteiger partial charge < -0.3 is 19.5 Å². The van der Waals surface area contributed by atoms with E-state index in [0.29, 0.717) is 6.42 Å². The first-order valence-corrected chi connectivity index (χ1v) is 8.43. The minimum absolute atomic E-state index is 0.296. The van der Waals surface area contributed by atoms with Gasteiger partial charge in [-0.2, -0.15) is 0 Å². The molecule has 0 spiro atoms. The van der Waals surface area contributed by atoms with Crippen LogP contribution in [0.4, 0.5) is 0 Å². The quantitative estimate of drug-likeness (QED) is 0.764. The number of aliphatic hydroxyl groups is 2. The Morgan fingerprint density at radius 1 is 1.08 bits per heavy atom. The average molecular weight is 339 g/mol. The summed E-state index contributed by atoms with van der Waals surface area (Å²) >= 11 is 0. The van der Waals surface area contributed by atoms with Gasteiger partial charge >= 0.3 is 0 Å². The number of fused-ring (bicyclic) bond motifs is 1. The molecule has 0 amide bonds. The van der Waals surface area contributed by atoms with Crippen LogP contribution in [0.25, 0.3) is 11.0 Å². The van der Waals surface area contributed by atoms with Crippen molar-refractivity contribution in [3.05, 3.63) is 54.1 Å². The topological polar surface area (TPSA) is 80.4 Å². The van der Waals surface area contributed by atoms with Crippen LogP contribution < -0.4 is 4.74 Å². The Labute approximate surface area is 145 Å². The number of benzene rings is 1. The summed E-state index contributed by atoms with van der Waals surface area (Å²) in [6.45, 7) is 3.89. The van der Waals surface area contributed by atoms with Crippen molar-refractivity contribution in [2.75, 3.05) is 0 Å². The van der Waals surface area contributed by atoms with Crippen LogP contribution in [-0.4, -0.2) is 43.1 Å². The molecule has 0 saturated heterocycles. The fourth-order valence-electron chi connectivity index (χ4n) is 3.58. The second-order valence-corrected chi connectivity index (χ2v) is 6.63. The Morgan fingerprint density at radius 2 is 1.88 bits per heavy atom. The molecule has 2 N–H and O–H groups in total. The normalized spacial score (nSPS) is 26.2. The number of para-hydroxylation sites is 1. The number of rotatable bonds is 3. The van der Waals surface area contributed by atoms with Crippen molar-refractivity contribution in [3.8, 4) is 5.75 Å². The molecule has 0 unspecified atom stereocenters. The van der Waals surface area contributed by atoms with Gasteiger partial charge in [0.25, 0.3) is 0 Å². The molecule has 1 saturated carbocycles. The molecule has 1 aromatic carbocycles. The highest BCUT2D eigenvalue weighted by Gasteiger charge is 2.44. The summed E-state index contributed by atoms with van der Waals surface area (Å²) in [6.07, 6.45) is 1.58. The van der Waals surface area contributed by atoms with Gasteiger partial charge in [0, 0.05) is 18.0 Å². The van der Waals surface area contributed by atoms with Crippen molar-refractivity contribution >= 4 is 11.0 Å². The lowest BCUT2D eigenvalue weighted by atomic mass is 10.2. The van der Waals surface area contributed by atoms with E-state index in [9.17, 15) is 10.2 Å². The van der Waals surface area contributed by atoms with E-state index in [4.69, 9.17) is 4.74 Å². The van der Waals surface area contributed by atoms with Gasteiger partial charge in [0.05, 0.1) is 11.7 Å². The molecule has 3 aromatic rings. The Hall–Kier alpha value is -2.44. The van der Waals surface area contributed by atoms with Gasteiger partial charge in [0.15, 0.2) is 0 Å². The van der Waals surface area contributed by atoms with Crippen LogP contribution in [0.3, 0.4) is 0 Å². The van der Waals surface area contributed by atoms with E-state index >= 15 is 0 Å². The maximum Gasteiger partial charge on any atom is 0.143 e. The zero-order valence-corrected chi connectivity index (χ0v) is 14.2. The maximum absolute atomic E-state index is 10.6. The van der Waals surface area contributed by atoms with Crippen molar-refractivity contribution in [1.82, 2.24) is 14.5 Å². The zero-order valence-electron chi connectivity index (χ0n) is 14.2. The van der Waals surface area contributed by atoms with E-state index in [1.54, 1.807) is 0 Å². The number of nitrogens with zero attached hydrogens (tertiary/aromatic N) is 3. The van der Waals surface area contributed by atoms with Crippen LogP contribution in [0.1, 0.15) is 23.7 Å². The molecule has 1 aliphatic carbocycles. The average Bonchev–Trinajstić information content (AvgIpc) is 3.14. The van der Waals surface area contributed by atoms with Crippen molar-refractivity contribution in [2.24, 2.45) is 0 Å². The summed E-state index contributed by atoms with van der Waals surface area (Å²) in [4.78, 5) is 8.55. The third-order valence-corrected chi connectivity index (χ3v) is 5.04. The lowest BCUT2D eigenvalue weighted by Gasteiger charge is -2.19. The van der Waals surface area contributed by atoms with Gasteiger partial charge in [0.2, 0.25) is 0 Å². The molecular weight excluding hydrogens is 318 g/mol. The zero-order chi connectivity index (χ0) is 17.6. The molecule has 0 radical (unpaired) electrons. The van der Waals surface area contributed by atoms with Crippen molar-refractivity contribution in [2.45, 2.75) is 44.6 Å². The molecular formula is C19H21N3O3. The third kappa shape index (κ3) is 2.67. The molecule has 6 heteroatoms. The number of ether oxygens (including phenoxy) is 1. The Balaban J connectivity index is 1.63. The molecule has 0 bridgehead atoms. The van der Waals surface area contributed by atoms with Crippen molar-refractivity contribution < 1.29 is 14.9 Å². The van der Waals surface area contributed by atoms with E-state index in [1.807, 2.05) is 54.9 Å². The van der Waals surface area contributed by atoms with Crippen LogP contribution in [0, 0.1) is 13.8 Å². The van der Waals surface area contributed by atoms with Gasteiger partial charge in [-0.15, -0.1) is 0 Å². The highest BCUT2D eigenvalue weighted by atomic mass is 16.5. The molecule has 1 fully saturated rings. The lowest BCUT2D eigenvalue weighted by molar-refractivity contribution is -0.0165. The molecule has 2 heterocycles. The second kappa shape index (κ2) is 6.13. The SMILES string of the molecule is Cc1ccccc1O[C@H]1C[C@@H](n2ccc3c(C)ncnc32)[C@H](O)[C@@H]1O. The number of aromatic nitrogens is 3. The Kier molecular flexibility index (Phi) is 3.94. The van der Waals surface area contributed by atoms with E-state index in [0.717, 1.165) is 28.0 Å². The summed E-state index contributed by atoms with van der Waals surface area (Å²) < 4.78 is 7.91. The fraction of sp³-hybridized carbons (Fsp3) is 0.368. The maximum atomic E-state index is 10.6. The van der Waals surface area contributed by atoms with Crippen LogP contribution in [0.15, 0.2) is 42.9 Å². The summed E-state index contributed by atoms with van der Waals surface area (Å²) in [7, 11) is 0. The monoisotopic (exact) mass is 339 g/mol. The third-order valence-electron chi connectivity index (χ3n) is 5.04. The van der Waals surface area contributed by atoms with E-state index < -0.39 is 18.3 Å². The smallest absolute Gasteiger partial charge is 0.143 e. The highest BCUT2D eigenvalue weighted by Crippen LogP contribution is 2.36. The molecule has 25 heavy (non-hydrogen) atoms. The molecule has 1 aliphatic rings. The summed E-state index contributed by atoms with van der Waals surface area (Å²) in [5.74, 6) is 0.731. The molecule has 130 valence electrons. The molecule has 6 nitrogen and oxygen atoms in total. The molecule has 4 rings (SSSR count). The van der Waals surface area contributed by atoms with Crippen LogP contribution in [0.5, 0.6) is 5.75 Å². The van der Waals surface area contributed by atoms with E-state index in [2.05, 4.69) is 9.97 Å². The van der Waals surface area contributed by atoms with E-state index in [1.165, 1.54) is 6.33 Å². The number of hydrogen-bond acceptors (Lipinski definition) is 5. The number of aliphatic hydroxyl groups excluding tert-OH is 2. The van der Waals surface area contributed by atoms with Gasteiger partial charge in [-0.05, 0) is 31.5 Å². The van der Waals surface area contributed by atoms with Gasteiger partial charge in [-0.3, -0.25) is 0 Å². The minimum Gasteiger partial charge on any atom is -0.487 e. The predicted octanol–water partition coefficient (Wildman–Crippen LogP) is 2.16. The van der Waals surface area contributed by atoms with Crippen molar-refractivity contribution in [3.63, 3.8) is 0 Å². The number of hydrogen-bond donors (Lipinski definition) is 2. The molecule has 0 aliphatic heterocycles. The summed E-state index contributed by atoms with van der Waals surface area (Å²) in [6, 6.07) is 9.33. The molecule has 2 aromatic heterocycles. The first-order chi connectivity index (χ1) is 12.1. The van der Waals surface area contributed by atoms with Crippen LogP contribution in [-0.2, 0) is 0 Å². The second-order valence-electron chi connectivity index (χ2n) is 6.63. The standard InChI is InChI=1S/C19H21N3O3/c1-11-5-3-4-6-15(11)25-16-9-14(17(23)18(16)24)22-8-7-13-12(2)20-10-21-19(13)22/h3-8,10,14,16-18,23-24H,9H2,1-2H3/t14-,16+,17+,18-/m1/s1. The highest BCUT2D eigenvalue weighted by molar-refractivity contribution is 5.78. The lowest BCUT2D eigenvalue weighted by Crippen LogP contribution is -2.34. The molecule has 4 atom stereocenters. The van der Waals surface area contributed by atoms with Gasteiger partial charge in [-0.25, -0.2) is 9.97 Å². The predicted molar refractivity (Wildman–Crippen MR) is 93.5 cm³/mol. The van der Waals surface area contributed by atoms with Gasteiger partial charge in [0.1, 0.15) is 36.0 Å².